The predicted octanol–water partition coefficient (Wildman–Crippen LogP) is 3.91. The molecule has 3 aromatic rings. The molecular formula is C13H11ClN4S. The molecule has 1 unspecified atom stereocenters. The highest BCUT2D eigenvalue weighted by molar-refractivity contribution is 7.09. The molecule has 96 valence electrons. The topological polar surface area (TPSA) is 50.7 Å². The molecule has 0 spiro atoms. The number of fused-ring (bicyclic) bond motifs is 1. The van der Waals surface area contributed by atoms with E-state index in [2.05, 4.69) is 20.3 Å². The third kappa shape index (κ3) is 2.52. The van der Waals surface area contributed by atoms with Crippen LogP contribution in [0.25, 0.3) is 10.9 Å². The molecule has 0 bridgehead atoms. The molecule has 3 rings (SSSR count). The van der Waals surface area contributed by atoms with Crippen molar-refractivity contribution in [2.24, 2.45) is 0 Å². The van der Waals surface area contributed by atoms with Gasteiger partial charge in [-0.2, -0.15) is 0 Å². The van der Waals surface area contributed by atoms with Gasteiger partial charge >= 0.3 is 0 Å². The fraction of sp³-hybridized carbons (Fsp3) is 0.154. The van der Waals surface area contributed by atoms with Crippen LogP contribution in [0.1, 0.15) is 18.0 Å². The standard InChI is InChI=1S/C13H11ClN4S/c1-8(12-15-6-7-19-12)16-11-9-4-2-3-5-10(9)17-13(14)18-11/h2-8H,1H3,(H,16,17,18). The van der Waals surface area contributed by atoms with Crippen LogP contribution in [0.5, 0.6) is 0 Å². The fourth-order valence-corrected chi connectivity index (χ4v) is 2.69. The summed E-state index contributed by atoms with van der Waals surface area (Å²) in [6.07, 6.45) is 1.79. The lowest BCUT2D eigenvalue weighted by atomic mass is 10.2. The number of hydrogen-bond acceptors (Lipinski definition) is 5. The molecule has 0 saturated carbocycles. The first kappa shape index (κ1) is 12.3. The number of halogens is 1. The van der Waals surface area contributed by atoms with E-state index in [4.69, 9.17) is 11.6 Å². The molecule has 2 heterocycles. The summed E-state index contributed by atoms with van der Waals surface area (Å²) in [7, 11) is 0. The van der Waals surface area contributed by atoms with Crippen LogP contribution in [-0.4, -0.2) is 15.0 Å². The molecule has 0 aliphatic carbocycles. The summed E-state index contributed by atoms with van der Waals surface area (Å²) in [6, 6.07) is 7.86. The lowest BCUT2D eigenvalue weighted by Gasteiger charge is -2.13. The van der Waals surface area contributed by atoms with Gasteiger partial charge in [-0.25, -0.2) is 15.0 Å². The van der Waals surface area contributed by atoms with Crippen LogP contribution in [0.4, 0.5) is 5.82 Å². The van der Waals surface area contributed by atoms with Crippen LogP contribution in [0.3, 0.4) is 0 Å². The van der Waals surface area contributed by atoms with Crippen LogP contribution in [0.2, 0.25) is 5.28 Å². The van der Waals surface area contributed by atoms with Gasteiger partial charge in [0, 0.05) is 17.0 Å². The SMILES string of the molecule is CC(Nc1nc(Cl)nc2ccccc12)c1nccs1. The maximum absolute atomic E-state index is 5.96. The molecule has 1 atom stereocenters. The van der Waals surface area contributed by atoms with Crippen LogP contribution >= 0.6 is 22.9 Å². The number of nitrogens with zero attached hydrogens (tertiary/aromatic N) is 3. The highest BCUT2D eigenvalue weighted by Crippen LogP contribution is 2.26. The molecule has 19 heavy (non-hydrogen) atoms. The smallest absolute Gasteiger partial charge is 0.224 e. The van der Waals surface area contributed by atoms with Crippen molar-refractivity contribution in [2.75, 3.05) is 5.32 Å². The Balaban J connectivity index is 2.00. The maximum Gasteiger partial charge on any atom is 0.224 e. The van der Waals surface area contributed by atoms with Gasteiger partial charge in [-0.3, -0.25) is 0 Å². The molecule has 2 aromatic heterocycles. The summed E-state index contributed by atoms with van der Waals surface area (Å²) in [5, 5.41) is 7.51. The average Bonchev–Trinajstić information content (AvgIpc) is 2.92. The quantitative estimate of drug-likeness (QED) is 0.743. The Morgan fingerprint density at radius 1 is 1.26 bits per heavy atom. The first-order valence-corrected chi connectivity index (χ1v) is 7.08. The summed E-state index contributed by atoms with van der Waals surface area (Å²) in [5.74, 6) is 0.735. The summed E-state index contributed by atoms with van der Waals surface area (Å²) in [4.78, 5) is 12.8. The number of rotatable bonds is 3. The molecule has 0 aliphatic rings. The minimum absolute atomic E-state index is 0.0781. The molecule has 4 nitrogen and oxygen atoms in total. The van der Waals surface area contributed by atoms with Crippen molar-refractivity contribution in [1.29, 1.82) is 0 Å². The third-order valence-corrected chi connectivity index (χ3v) is 3.88. The van der Waals surface area contributed by atoms with Gasteiger partial charge in [0.15, 0.2) is 0 Å². The number of benzene rings is 1. The molecule has 0 saturated heterocycles. The van der Waals surface area contributed by atoms with Crippen molar-refractivity contribution in [2.45, 2.75) is 13.0 Å². The van der Waals surface area contributed by atoms with Gasteiger partial charge in [-0.1, -0.05) is 12.1 Å². The molecule has 0 fully saturated rings. The van der Waals surface area contributed by atoms with E-state index in [9.17, 15) is 0 Å². The molecule has 0 aliphatic heterocycles. The minimum atomic E-state index is 0.0781. The van der Waals surface area contributed by atoms with E-state index < -0.39 is 0 Å². The summed E-state index contributed by atoms with van der Waals surface area (Å²) in [5.41, 5.74) is 0.830. The monoisotopic (exact) mass is 290 g/mol. The van der Waals surface area contributed by atoms with Crippen molar-refractivity contribution < 1.29 is 0 Å². The Hall–Kier alpha value is -1.72. The maximum atomic E-state index is 5.96. The third-order valence-electron chi connectivity index (χ3n) is 2.75. The largest absolute Gasteiger partial charge is 0.360 e. The number of para-hydroxylation sites is 1. The van der Waals surface area contributed by atoms with Crippen LogP contribution in [0.15, 0.2) is 35.8 Å². The van der Waals surface area contributed by atoms with E-state index in [0.29, 0.717) is 0 Å². The zero-order valence-electron chi connectivity index (χ0n) is 10.2. The van der Waals surface area contributed by atoms with E-state index in [-0.39, 0.29) is 11.3 Å². The van der Waals surface area contributed by atoms with Crippen molar-refractivity contribution in [3.05, 3.63) is 46.1 Å². The fourth-order valence-electron chi connectivity index (χ4n) is 1.87. The van der Waals surface area contributed by atoms with Gasteiger partial charge < -0.3 is 5.32 Å². The first-order chi connectivity index (χ1) is 9.24. The van der Waals surface area contributed by atoms with Crippen LogP contribution in [-0.2, 0) is 0 Å². The summed E-state index contributed by atoms with van der Waals surface area (Å²) < 4.78 is 0. The normalized spacial score (nSPS) is 12.5. The van der Waals surface area contributed by atoms with E-state index in [1.54, 1.807) is 17.5 Å². The molecule has 0 radical (unpaired) electrons. The number of anilines is 1. The highest BCUT2D eigenvalue weighted by atomic mass is 35.5. The molecule has 1 aromatic carbocycles. The number of aromatic nitrogens is 3. The minimum Gasteiger partial charge on any atom is -0.360 e. The van der Waals surface area contributed by atoms with Crippen molar-refractivity contribution in [1.82, 2.24) is 15.0 Å². The number of thiazole rings is 1. The predicted molar refractivity (Wildman–Crippen MR) is 78.7 cm³/mol. The second-order valence-electron chi connectivity index (χ2n) is 4.09. The molecule has 1 N–H and O–H groups in total. The molecule has 0 amide bonds. The summed E-state index contributed by atoms with van der Waals surface area (Å²) in [6.45, 7) is 2.05. The van der Waals surface area contributed by atoms with Gasteiger partial charge in [0.05, 0.1) is 11.6 Å². The van der Waals surface area contributed by atoms with Gasteiger partial charge in [0.25, 0.3) is 0 Å². The zero-order chi connectivity index (χ0) is 13.2. The Bertz CT molecular complexity index is 699. The van der Waals surface area contributed by atoms with Crippen LogP contribution < -0.4 is 5.32 Å². The van der Waals surface area contributed by atoms with E-state index in [0.717, 1.165) is 21.7 Å². The van der Waals surface area contributed by atoms with Crippen molar-refractivity contribution in [3.8, 4) is 0 Å². The second-order valence-corrected chi connectivity index (χ2v) is 5.36. The van der Waals surface area contributed by atoms with Gasteiger partial charge in [0.2, 0.25) is 5.28 Å². The highest BCUT2D eigenvalue weighted by Gasteiger charge is 2.12. The first-order valence-electron chi connectivity index (χ1n) is 5.82. The van der Waals surface area contributed by atoms with E-state index >= 15 is 0 Å². The van der Waals surface area contributed by atoms with Crippen molar-refractivity contribution in [3.63, 3.8) is 0 Å². The number of hydrogen-bond donors (Lipinski definition) is 1. The molecule has 6 heteroatoms. The average molecular weight is 291 g/mol. The van der Waals surface area contributed by atoms with E-state index in [1.165, 1.54) is 0 Å². The Kier molecular flexibility index (Phi) is 3.31. The zero-order valence-corrected chi connectivity index (χ0v) is 11.7. The second kappa shape index (κ2) is 5.11. The Labute approximate surface area is 119 Å². The van der Waals surface area contributed by atoms with Gasteiger partial charge in [-0.05, 0) is 30.7 Å². The van der Waals surface area contributed by atoms with Crippen LogP contribution in [0, 0.1) is 0 Å². The summed E-state index contributed by atoms with van der Waals surface area (Å²) >= 11 is 7.57. The Morgan fingerprint density at radius 2 is 2.11 bits per heavy atom. The lowest BCUT2D eigenvalue weighted by molar-refractivity contribution is 0.862. The Morgan fingerprint density at radius 3 is 2.89 bits per heavy atom. The molecular weight excluding hydrogens is 280 g/mol. The van der Waals surface area contributed by atoms with Gasteiger partial charge in [-0.15, -0.1) is 11.3 Å². The number of nitrogens with one attached hydrogen (secondary N) is 1. The van der Waals surface area contributed by atoms with E-state index in [1.807, 2.05) is 36.6 Å². The van der Waals surface area contributed by atoms with Gasteiger partial charge in [0.1, 0.15) is 10.8 Å². The van der Waals surface area contributed by atoms with Crippen molar-refractivity contribution >= 4 is 39.7 Å². The lowest BCUT2D eigenvalue weighted by Crippen LogP contribution is -2.08.